The molecule has 0 radical (unpaired) electrons. The van der Waals surface area contributed by atoms with Gasteiger partial charge in [-0.25, -0.2) is 4.39 Å². The molecule has 0 spiro atoms. The summed E-state index contributed by atoms with van der Waals surface area (Å²) in [6, 6.07) is 24.3. The fraction of sp³-hybridized carbons (Fsp3) is 0.121. The van der Waals surface area contributed by atoms with E-state index in [0.29, 0.717) is 38.4 Å². The van der Waals surface area contributed by atoms with Crippen LogP contribution in [-0.4, -0.2) is 37.2 Å². The molecule has 0 aromatic heterocycles. The van der Waals surface area contributed by atoms with Gasteiger partial charge in [0.25, 0.3) is 11.8 Å². The predicted octanol–water partition coefficient (Wildman–Crippen LogP) is 7.03. The first-order valence-electron chi connectivity index (χ1n) is 13.3. The largest absolute Gasteiger partial charge is 0.495 e. The van der Waals surface area contributed by atoms with Crippen LogP contribution in [0.4, 0.5) is 15.8 Å². The van der Waals surface area contributed by atoms with Crippen molar-refractivity contribution in [1.29, 1.82) is 0 Å². The molecule has 0 aliphatic heterocycles. The van der Waals surface area contributed by atoms with E-state index < -0.39 is 22.9 Å². The third-order valence-electron chi connectivity index (χ3n) is 6.24. The zero-order chi connectivity index (χ0) is 31.6. The van der Waals surface area contributed by atoms with Crippen molar-refractivity contribution in [2.24, 2.45) is 0 Å². The smallest absolute Gasteiger partial charge is 0.272 e. The van der Waals surface area contributed by atoms with Crippen molar-refractivity contribution in [3.8, 4) is 11.5 Å². The quantitative estimate of drug-likeness (QED) is 0.121. The monoisotopic (exact) mass is 633 g/mol. The Bertz CT molecular complexity index is 1700. The fourth-order valence-electron chi connectivity index (χ4n) is 3.99. The standard InChI is InChI=1S/C33H29ClFN3O5S/c1-20(31(39)37-27-18-25(34)29(42-2)19-30(27)43-3)44-24-14-9-13-23(17-24)36-33(41)28(16-22-12-7-8-15-26(22)35)38-32(40)21-10-5-4-6-11-21/h4-20H,1-3H3,(H,36,41)(H,37,39)(H,38,40)/b28-16-. The lowest BCUT2D eigenvalue weighted by molar-refractivity contribution is -0.115. The molecule has 0 heterocycles. The molecule has 3 N–H and O–H groups in total. The van der Waals surface area contributed by atoms with E-state index >= 15 is 0 Å². The number of amides is 3. The van der Waals surface area contributed by atoms with Gasteiger partial charge in [-0.1, -0.05) is 54.1 Å². The minimum Gasteiger partial charge on any atom is -0.495 e. The van der Waals surface area contributed by atoms with Crippen molar-refractivity contribution in [2.45, 2.75) is 17.1 Å². The molecule has 3 amide bonds. The van der Waals surface area contributed by atoms with E-state index in [1.807, 2.05) is 0 Å². The number of nitrogens with one attached hydrogen (secondary N) is 3. The summed E-state index contributed by atoms with van der Waals surface area (Å²) in [5.74, 6) is -1.24. The first-order chi connectivity index (χ1) is 21.2. The second-order valence-electron chi connectivity index (χ2n) is 9.32. The van der Waals surface area contributed by atoms with Gasteiger partial charge in [-0.05, 0) is 55.5 Å². The van der Waals surface area contributed by atoms with E-state index in [1.54, 1.807) is 79.7 Å². The number of hydrogen-bond acceptors (Lipinski definition) is 6. The summed E-state index contributed by atoms with van der Waals surface area (Å²) in [5, 5.41) is 7.93. The maximum atomic E-state index is 14.4. The molecule has 0 bridgehead atoms. The molecule has 11 heteroatoms. The first-order valence-corrected chi connectivity index (χ1v) is 14.6. The Hall–Kier alpha value is -4.80. The second-order valence-corrected chi connectivity index (χ2v) is 11.1. The Morgan fingerprint density at radius 2 is 1.57 bits per heavy atom. The molecule has 226 valence electrons. The minimum atomic E-state index is -0.658. The van der Waals surface area contributed by atoms with Crippen molar-refractivity contribution in [3.05, 3.63) is 119 Å². The lowest BCUT2D eigenvalue weighted by Crippen LogP contribution is -2.30. The molecule has 1 unspecified atom stereocenters. The van der Waals surface area contributed by atoms with E-state index in [0.717, 1.165) is 0 Å². The maximum absolute atomic E-state index is 14.4. The Balaban J connectivity index is 1.49. The van der Waals surface area contributed by atoms with Crippen LogP contribution in [0, 0.1) is 5.82 Å². The Kier molecular flexibility index (Phi) is 11.0. The molecule has 4 aromatic carbocycles. The summed E-state index contributed by atoms with van der Waals surface area (Å²) in [7, 11) is 2.95. The highest BCUT2D eigenvalue weighted by molar-refractivity contribution is 8.00. The molecule has 4 aromatic rings. The topological polar surface area (TPSA) is 106 Å². The van der Waals surface area contributed by atoms with Crippen LogP contribution in [-0.2, 0) is 9.59 Å². The molecule has 44 heavy (non-hydrogen) atoms. The predicted molar refractivity (Wildman–Crippen MR) is 172 cm³/mol. The molecular weight excluding hydrogens is 605 g/mol. The van der Waals surface area contributed by atoms with Gasteiger partial charge in [0, 0.05) is 27.8 Å². The summed E-state index contributed by atoms with van der Waals surface area (Å²) >= 11 is 7.49. The van der Waals surface area contributed by atoms with Gasteiger partial charge in [0.05, 0.1) is 30.2 Å². The molecule has 1 atom stereocenters. The minimum absolute atomic E-state index is 0.130. The Morgan fingerprint density at radius 3 is 2.27 bits per heavy atom. The van der Waals surface area contributed by atoms with Gasteiger partial charge >= 0.3 is 0 Å². The van der Waals surface area contributed by atoms with Gasteiger partial charge in [0.1, 0.15) is 23.0 Å². The summed E-state index contributed by atoms with van der Waals surface area (Å²) in [6.45, 7) is 1.73. The van der Waals surface area contributed by atoms with Crippen LogP contribution in [0.2, 0.25) is 5.02 Å². The van der Waals surface area contributed by atoms with Crippen molar-refractivity contribution in [3.63, 3.8) is 0 Å². The Labute approximate surface area is 263 Å². The van der Waals surface area contributed by atoms with Gasteiger partial charge in [0.2, 0.25) is 5.91 Å². The number of hydrogen-bond donors (Lipinski definition) is 3. The fourth-order valence-corrected chi connectivity index (χ4v) is 5.15. The number of benzene rings is 4. The first kappa shape index (κ1) is 32.1. The SMILES string of the molecule is COc1cc(OC)c(NC(=O)C(C)Sc2cccc(NC(=O)/C(=C/c3ccccc3F)NC(=O)c3ccccc3)c2)cc1Cl. The lowest BCUT2D eigenvalue weighted by Gasteiger charge is -2.16. The van der Waals surface area contributed by atoms with Crippen LogP contribution in [0.25, 0.3) is 6.08 Å². The number of carbonyl (C=O) groups excluding carboxylic acids is 3. The van der Waals surface area contributed by atoms with Crippen LogP contribution < -0.4 is 25.4 Å². The van der Waals surface area contributed by atoms with Gasteiger partial charge in [0.15, 0.2) is 0 Å². The van der Waals surface area contributed by atoms with E-state index in [2.05, 4.69) is 16.0 Å². The van der Waals surface area contributed by atoms with Gasteiger partial charge in [-0.3, -0.25) is 14.4 Å². The van der Waals surface area contributed by atoms with Gasteiger partial charge in [-0.2, -0.15) is 0 Å². The number of rotatable bonds is 11. The number of thioether (sulfide) groups is 1. The van der Waals surface area contributed by atoms with E-state index in [9.17, 15) is 18.8 Å². The highest BCUT2D eigenvalue weighted by atomic mass is 35.5. The highest BCUT2D eigenvalue weighted by Gasteiger charge is 2.20. The molecule has 0 aliphatic carbocycles. The molecule has 0 saturated carbocycles. The lowest BCUT2D eigenvalue weighted by atomic mass is 10.1. The number of anilines is 2. The number of carbonyl (C=O) groups is 3. The van der Waals surface area contributed by atoms with Gasteiger partial charge < -0.3 is 25.4 Å². The van der Waals surface area contributed by atoms with E-state index in [4.69, 9.17) is 21.1 Å². The van der Waals surface area contributed by atoms with Crippen molar-refractivity contribution in [1.82, 2.24) is 5.32 Å². The van der Waals surface area contributed by atoms with Crippen LogP contribution in [0.3, 0.4) is 0 Å². The number of methoxy groups -OCH3 is 2. The van der Waals surface area contributed by atoms with Crippen molar-refractivity contribution >= 4 is 58.5 Å². The third-order valence-corrected chi connectivity index (χ3v) is 7.63. The summed E-state index contributed by atoms with van der Waals surface area (Å²) in [4.78, 5) is 39.9. The molecule has 0 aliphatic rings. The van der Waals surface area contributed by atoms with Gasteiger partial charge in [-0.15, -0.1) is 11.8 Å². The summed E-state index contributed by atoms with van der Waals surface area (Å²) < 4.78 is 25.0. The third kappa shape index (κ3) is 8.40. The zero-order valence-corrected chi connectivity index (χ0v) is 25.6. The van der Waals surface area contributed by atoms with Crippen LogP contribution in [0.15, 0.2) is 102 Å². The average molecular weight is 634 g/mol. The van der Waals surface area contributed by atoms with Crippen molar-refractivity contribution in [2.75, 3.05) is 24.9 Å². The normalized spacial score (nSPS) is 11.7. The number of ether oxygens (including phenoxy) is 2. The van der Waals surface area contributed by atoms with Crippen LogP contribution >= 0.6 is 23.4 Å². The molecular formula is C33H29ClFN3O5S. The maximum Gasteiger partial charge on any atom is 0.272 e. The molecule has 8 nitrogen and oxygen atoms in total. The molecule has 4 rings (SSSR count). The Morgan fingerprint density at radius 1 is 0.864 bits per heavy atom. The summed E-state index contributed by atoms with van der Waals surface area (Å²) in [5.41, 5.74) is 1.11. The van der Waals surface area contributed by atoms with Crippen LogP contribution in [0.1, 0.15) is 22.8 Å². The second kappa shape index (κ2) is 15.1. The summed E-state index contributed by atoms with van der Waals surface area (Å²) in [6.07, 6.45) is 1.27. The van der Waals surface area contributed by atoms with E-state index in [-0.39, 0.29) is 17.2 Å². The van der Waals surface area contributed by atoms with Crippen molar-refractivity contribution < 1.29 is 28.2 Å². The number of halogens is 2. The zero-order valence-electron chi connectivity index (χ0n) is 24.0. The van der Waals surface area contributed by atoms with Crippen LogP contribution in [0.5, 0.6) is 11.5 Å². The molecule has 0 saturated heterocycles. The highest BCUT2D eigenvalue weighted by Crippen LogP contribution is 2.36. The molecule has 0 fully saturated rings. The van der Waals surface area contributed by atoms with E-state index in [1.165, 1.54) is 50.3 Å². The average Bonchev–Trinajstić information content (AvgIpc) is 3.02.